The summed E-state index contributed by atoms with van der Waals surface area (Å²) in [6.07, 6.45) is 3.38. The van der Waals surface area contributed by atoms with Gasteiger partial charge >= 0.3 is 0 Å². The van der Waals surface area contributed by atoms with E-state index in [1.807, 2.05) is 13.8 Å². The minimum Gasteiger partial charge on any atom is -0.344 e. The lowest BCUT2D eigenvalue weighted by atomic mass is 10.2. The Morgan fingerprint density at radius 1 is 1.50 bits per heavy atom. The molecule has 2 aromatic heterocycles. The van der Waals surface area contributed by atoms with Gasteiger partial charge in [-0.1, -0.05) is 19.0 Å². The van der Waals surface area contributed by atoms with E-state index in [-0.39, 0.29) is 18.0 Å². The zero-order chi connectivity index (χ0) is 15.7. The molecule has 1 aliphatic carbocycles. The van der Waals surface area contributed by atoms with Gasteiger partial charge in [0.25, 0.3) is 11.5 Å². The van der Waals surface area contributed by atoms with Crippen molar-refractivity contribution in [3.63, 3.8) is 0 Å². The van der Waals surface area contributed by atoms with E-state index in [2.05, 4.69) is 25.4 Å². The number of nitrogens with one attached hydrogen (secondary N) is 2. The van der Waals surface area contributed by atoms with Crippen molar-refractivity contribution in [2.45, 2.75) is 45.1 Å². The summed E-state index contributed by atoms with van der Waals surface area (Å²) in [7, 11) is 0. The van der Waals surface area contributed by atoms with Gasteiger partial charge in [0.05, 0.1) is 6.54 Å². The van der Waals surface area contributed by atoms with Crippen LogP contribution in [0.2, 0.25) is 0 Å². The summed E-state index contributed by atoms with van der Waals surface area (Å²) in [5, 5.41) is 6.36. The van der Waals surface area contributed by atoms with Crippen molar-refractivity contribution in [1.29, 1.82) is 0 Å². The number of hydrogen-bond acceptors (Lipinski definition) is 6. The Hall–Kier alpha value is -2.51. The second kappa shape index (κ2) is 5.70. The molecule has 8 nitrogen and oxygen atoms in total. The number of aromatic amines is 1. The monoisotopic (exact) mass is 303 g/mol. The van der Waals surface area contributed by atoms with Gasteiger partial charge < -0.3 is 14.8 Å². The lowest BCUT2D eigenvalue weighted by Crippen LogP contribution is -2.30. The van der Waals surface area contributed by atoms with Crippen LogP contribution >= 0.6 is 0 Å². The Bertz CT molecular complexity index is 745. The number of nitrogens with zero attached hydrogens (tertiary/aromatic N) is 3. The summed E-state index contributed by atoms with van der Waals surface area (Å²) >= 11 is 0. The van der Waals surface area contributed by atoms with Crippen LogP contribution in [0.5, 0.6) is 0 Å². The normalized spacial score (nSPS) is 14.3. The van der Waals surface area contributed by atoms with Gasteiger partial charge in [-0.2, -0.15) is 4.98 Å². The van der Waals surface area contributed by atoms with Crippen molar-refractivity contribution < 1.29 is 9.32 Å². The van der Waals surface area contributed by atoms with E-state index in [0.29, 0.717) is 23.5 Å². The van der Waals surface area contributed by atoms with E-state index in [0.717, 1.165) is 12.8 Å². The molecule has 2 N–H and O–H groups in total. The van der Waals surface area contributed by atoms with Gasteiger partial charge in [0.15, 0.2) is 5.82 Å². The average molecular weight is 303 g/mol. The molecule has 3 rings (SSSR count). The maximum absolute atomic E-state index is 12.0. The molecule has 0 aromatic carbocycles. The maximum Gasteiger partial charge on any atom is 0.263 e. The summed E-state index contributed by atoms with van der Waals surface area (Å²) in [5.41, 5.74) is -0.442. The van der Waals surface area contributed by atoms with Crippen LogP contribution in [0.25, 0.3) is 0 Å². The molecule has 0 spiro atoms. The number of rotatable bonds is 5. The lowest BCUT2D eigenvalue weighted by Gasteiger charge is -2.03. The van der Waals surface area contributed by atoms with Crippen molar-refractivity contribution in [3.8, 4) is 0 Å². The molecule has 1 fully saturated rings. The van der Waals surface area contributed by atoms with Gasteiger partial charge in [-0.3, -0.25) is 9.59 Å². The van der Waals surface area contributed by atoms with Crippen LogP contribution < -0.4 is 10.9 Å². The van der Waals surface area contributed by atoms with Gasteiger partial charge in [-0.25, -0.2) is 4.98 Å². The fourth-order valence-corrected chi connectivity index (χ4v) is 1.96. The van der Waals surface area contributed by atoms with Crippen molar-refractivity contribution in [2.24, 2.45) is 0 Å². The molecule has 0 bridgehead atoms. The zero-order valence-corrected chi connectivity index (χ0v) is 12.4. The van der Waals surface area contributed by atoms with Crippen molar-refractivity contribution in [2.75, 3.05) is 0 Å². The molecule has 0 unspecified atom stereocenters. The molecule has 0 saturated heterocycles. The van der Waals surface area contributed by atoms with Crippen LogP contribution in [0.4, 0.5) is 0 Å². The largest absolute Gasteiger partial charge is 0.344 e. The molecule has 1 amide bonds. The summed E-state index contributed by atoms with van der Waals surface area (Å²) in [5.74, 6) is 1.49. The maximum atomic E-state index is 12.0. The van der Waals surface area contributed by atoms with Gasteiger partial charge in [-0.05, 0) is 12.8 Å². The van der Waals surface area contributed by atoms with Gasteiger partial charge in [0.1, 0.15) is 11.4 Å². The first-order chi connectivity index (χ1) is 10.5. The van der Waals surface area contributed by atoms with Crippen LogP contribution in [-0.2, 0) is 6.54 Å². The van der Waals surface area contributed by atoms with Gasteiger partial charge in [0, 0.05) is 18.0 Å². The SMILES string of the molecule is CC(C)c1nc(CNC(=O)c2cnc(C3CC3)[nH]c2=O)no1. The average Bonchev–Trinajstić information content (AvgIpc) is 3.22. The summed E-state index contributed by atoms with van der Waals surface area (Å²) in [6, 6.07) is 0. The molecule has 1 aliphatic rings. The Labute approximate surface area is 126 Å². The van der Waals surface area contributed by atoms with Crippen LogP contribution in [0.3, 0.4) is 0 Å². The number of aromatic nitrogens is 4. The van der Waals surface area contributed by atoms with Crippen molar-refractivity contribution in [1.82, 2.24) is 25.4 Å². The van der Waals surface area contributed by atoms with Crippen LogP contribution in [0, 0.1) is 0 Å². The summed E-state index contributed by atoms with van der Waals surface area (Å²) in [6.45, 7) is 3.96. The predicted molar refractivity (Wildman–Crippen MR) is 76.4 cm³/mol. The molecular weight excluding hydrogens is 286 g/mol. The third-order valence-electron chi connectivity index (χ3n) is 3.41. The third kappa shape index (κ3) is 3.05. The third-order valence-corrected chi connectivity index (χ3v) is 3.41. The Morgan fingerprint density at radius 3 is 2.86 bits per heavy atom. The van der Waals surface area contributed by atoms with Crippen LogP contribution in [0.1, 0.15) is 66.4 Å². The first kappa shape index (κ1) is 14.4. The lowest BCUT2D eigenvalue weighted by molar-refractivity contribution is 0.0947. The number of hydrogen-bond donors (Lipinski definition) is 2. The number of carbonyl (C=O) groups is 1. The van der Waals surface area contributed by atoms with Gasteiger partial charge in [0.2, 0.25) is 5.89 Å². The summed E-state index contributed by atoms with van der Waals surface area (Å²) < 4.78 is 5.04. The molecule has 1 saturated carbocycles. The highest BCUT2D eigenvalue weighted by Crippen LogP contribution is 2.37. The fraction of sp³-hybridized carbons (Fsp3) is 0.500. The topological polar surface area (TPSA) is 114 Å². The minimum atomic E-state index is -0.507. The molecule has 116 valence electrons. The van der Waals surface area contributed by atoms with Gasteiger partial charge in [-0.15, -0.1) is 0 Å². The van der Waals surface area contributed by atoms with Crippen LogP contribution in [-0.4, -0.2) is 26.0 Å². The Kier molecular flexibility index (Phi) is 3.74. The highest BCUT2D eigenvalue weighted by molar-refractivity contribution is 5.93. The highest BCUT2D eigenvalue weighted by Gasteiger charge is 2.26. The van der Waals surface area contributed by atoms with Crippen molar-refractivity contribution >= 4 is 5.91 Å². The number of carbonyl (C=O) groups excluding carboxylic acids is 1. The first-order valence-corrected chi connectivity index (χ1v) is 7.24. The van der Waals surface area contributed by atoms with Crippen molar-refractivity contribution in [3.05, 3.63) is 39.7 Å². The molecule has 0 aliphatic heterocycles. The molecule has 8 heteroatoms. The second-order valence-corrected chi connectivity index (χ2v) is 5.67. The molecular formula is C14H17N5O3. The number of amides is 1. The summed E-state index contributed by atoms with van der Waals surface area (Å²) in [4.78, 5) is 34.9. The zero-order valence-electron chi connectivity index (χ0n) is 12.4. The molecule has 22 heavy (non-hydrogen) atoms. The van der Waals surface area contributed by atoms with E-state index in [4.69, 9.17) is 4.52 Å². The van der Waals surface area contributed by atoms with Crippen LogP contribution in [0.15, 0.2) is 15.5 Å². The standard InChI is InChI=1S/C14H17N5O3/c1-7(2)14-17-10(19-22-14)6-16-12(20)9-5-15-11(8-3-4-8)18-13(9)21/h5,7-8H,3-4,6H2,1-2H3,(H,16,20)(H,15,18,21). The quantitative estimate of drug-likeness (QED) is 0.854. The smallest absolute Gasteiger partial charge is 0.263 e. The fourth-order valence-electron chi connectivity index (χ4n) is 1.96. The highest BCUT2D eigenvalue weighted by atomic mass is 16.5. The molecule has 0 atom stereocenters. The second-order valence-electron chi connectivity index (χ2n) is 5.67. The Balaban J connectivity index is 1.65. The predicted octanol–water partition coefficient (Wildman–Crippen LogP) is 1.08. The van der Waals surface area contributed by atoms with E-state index in [1.165, 1.54) is 6.20 Å². The van der Waals surface area contributed by atoms with E-state index in [9.17, 15) is 9.59 Å². The number of H-pyrrole nitrogens is 1. The molecule has 0 radical (unpaired) electrons. The first-order valence-electron chi connectivity index (χ1n) is 7.24. The van der Waals surface area contributed by atoms with E-state index in [1.54, 1.807) is 0 Å². The van der Waals surface area contributed by atoms with E-state index < -0.39 is 11.5 Å². The molecule has 2 aromatic rings. The van der Waals surface area contributed by atoms with E-state index >= 15 is 0 Å². The molecule has 2 heterocycles. The minimum absolute atomic E-state index is 0.0167. The Morgan fingerprint density at radius 2 is 2.27 bits per heavy atom.